The highest BCUT2D eigenvalue weighted by atomic mass is 32.2. The van der Waals surface area contributed by atoms with Crippen LogP contribution >= 0.6 is 11.8 Å². The highest BCUT2D eigenvalue weighted by Crippen LogP contribution is 2.21. The maximum atomic E-state index is 10.2. The van der Waals surface area contributed by atoms with E-state index in [1.807, 2.05) is 36.6 Å². The molecule has 0 saturated carbocycles. The number of thioether (sulfide) groups is 1. The molecule has 4 nitrogen and oxygen atoms in total. The summed E-state index contributed by atoms with van der Waals surface area (Å²) in [5.74, 6) is 1.27. The minimum Gasteiger partial charge on any atom is -0.392 e. The summed E-state index contributed by atoms with van der Waals surface area (Å²) < 4.78 is 0. The van der Waals surface area contributed by atoms with Gasteiger partial charge < -0.3 is 15.5 Å². The monoisotopic (exact) mass is 292 g/mol. The van der Waals surface area contributed by atoms with Gasteiger partial charge in [-0.25, -0.2) is 4.98 Å². The second-order valence-electron chi connectivity index (χ2n) is 5.13. The molecule has 0 fully saturated rings. The van der Waals surface area contributed by atoms with Crippen LogP contribution in [-0.4, -0.2) is 39.4 Å². The molecule has 2 rings (SSSR count). The summed E-state index contributed by atoms with van der Waals surface area (Å²) in [5.41, 5.74) is 0.805. The highest BCUT2D eigenvalue weighted by molar-refractivity contribution is 7.98. The minimum atomic E-state index is -0.806. The first-order chi connectivity index (χ1) is 9.55. The fourth-order valence-corrected chi connectivity index (χ4v) is 2.79. The van der Waals surface area contributed by atoms with E-state index in [4.69, 9.17) is 0 Å². The molecule has 0 aliphatic heterocycles. The molecule has 3 N–H and O–H groups in total. The molecule has 20 heavy (non-hydrogen) atoms. The lowest BCUT2D eigenvalue weighted by Crippen LogP contribution is -2.36. The summed E-state index contributed by atoms with van der Waals surface area (Å²) in [5, 5.41) is 23.8. The topological polar surface area (TPSA) is 65.4 Å². The van der Waals surface area contributed by atoms with Crippen LogP contribution in [0.25, 0.3) is 10.9 Å². The average molecular weight is 292 g/mol. The molecular formula is C15H20N2O2S. The molecule has 0 unspecified atom stereocenters. The number of hydrogen-bond acceptors (Lipinski definition) is 5. The molecule has 0 radical (unpaired) electrons. The van der Waals surface area contributed by atoms with Gasteiger partial charge in [0, 0.05) is 23.2 Å². The van der Waals surface area contributed by atoms with Crippen LogP contribution in [0.3, 0.4) is 0 Å². The van der Waals surface area contributed by atoms with Crippen LogP contribution in [0, 0.1) is 0 Å². The van der Waals surface area contributed by atoms with Gasteiger partial charge in [0.15, 0.2) is 0 Å². The molecular weight excluding hydrogens is 272 g/mol. The Morgan fingerprint density at radius 3 is 2.80 bits per heavy atom. The summed E-state index contributed by atoms with van der Waals surface area (Å²) in [6, 6.07) is 9.70. The lowest BCUT2D eigenvalue weighted by atomic mass is 10.1. The zero-order chi connectivity index (χ0) is 14.6. The van der Waals surface area contributed by atoms with Crippen LogP contribution in [-0.2, 0) is 6.61 Å². The molecule has 2 aromatic rings. The number of para-hydroxylation sites is 1. The van der Waals surface area contributed by atoms with E-state index in [2.05, 4.69) is 10.3 Å². The number of benzene rings is 1. The number of hydrogen-bond donors (Lipinski definition) is 3. The van der Waals surface area contributed by atoms with E-state index in [-0.39, 0.29) is 6.61 Å². The summed E-state index contributed by atoms with van der Waals surface area (Å²) >= 11 is 1.60. The first-order valence-corrected chi connectivity index (χ1v) is 7.90. The van der Waals surface area contributed by atoms with Crippen molar-refractivity contribution in [3.8, 4) is 0 Å². The van der Waals surface area contributed by atoms with Gasteiger partial charge in [-0.2, -0.15) is 11.8 Å². The minimum absolute atomic E-state index is 0.0785. The van der Waals surface area contributed by atoms with E-state index in [0.717, 1.165) is 16.5 Å². The fraction of sp³-hybridized carbons (Fsp3) is 0.400. The van der Waals surface area contributed by atoms with Crippen LogP contribution in [0.5, 0.6) is 0 Å². The number of rotatable bonds is 6. The van der Waals surface area contributed by atoms with E-state index in [9.17, 15) is 10.2 Å². The number of aromatic nitrogens is 1. The second-order valence-corrected chi connectivity index (χ2v) is 6.00. The first kappa shape index (κ1) is 15.1. The second kappa shape index (κ2) is 6.43. The largest absolute Gasteiger partial charge is 0.392 e. The van der Waals surface area contributed by atoms with Gasteiger partial charge >= 0.3 is 0 Å². The molecule has 0 aliphatic rings. The Labute approximate surface area is 123 Å². The molecule has 1 heterocycles. The van der Waals surface area contributed by atoms with Gasteiger partial charge in [-0.1, -0.05) is 18.2 Å². The van der Waals surface area contributed by atoms with Crippen molar-refractivity contribution >= 4 is 28.5 Å². The third-order valence-electron chi connectivity index (χ3n) is 3.07. The predicted octanol–water partition coefficient (Wildman–Crippen LogP) is 2.25. The van der Waals surface area contributed by atoms with Crippen molar-refractivity contribution in [2.24, 2.45) is 0 Å². The Bertz CT molecular complexity index is 587. The Kier molecular flexibility index (Phi) is 4.86. The van der Waals surface area contributed by atoms with Crippen molar-refractivity contribution in [1.82, 2.24) is 4.98 Å². The van der Waals surface area contributed by atoms with Crippen molar-refractivity contribution in [2.75, 3.05) is 23.9 Å². The van der Waals surface area contributed by atoms with Crippen LogP contribution in [0.4, 0.5) is 5.82 Å². The number of pyridine rings is 1. The van der Waals surface area contributed by atoms with Gasteiger partial charge in [0.1, 0.15) is 5.82 Å². The maximum absolute atomic E-state index is 10.2. The molecule has 108 valence electrons. The number of anilines is 1. The normalized spacial score (nSPS) is 14.2. The van der Waals surface area contributed by atoms with Crippen molar-refractivity contribution in [1.29, 1.82) is 0 Å². The lowest BCUT2D eigenvalue weighted by Gasteiger charge is -2.23. The lowest BCUT2D eigenvalue weighted by molar-refractivity contribution is 0.0995. The van der Waals surface area contributed by atoms with Crippen LogP contribution < -0.4 is 5.32 Å². The van der Waals surface area contributed by atoms with Crippen molar-refractivity contribution < 1.29 is 10.2 Å². The Morgan fingerprint density at radius 2 is 2.10 bits per heavy atom. The smallest absolute Gasteiger partial charge is 0.132 e. The van der Waals surface area contributed by atoms with E-state index >= 15 is 0 Å². The molecule has 1 aromatic carbocycles. The van der Waals surface area contributed by atoms with Gasteiger partial charge in [0.25, 0.3) is 0 Å². The highest BCUT2D eigenvalue weighted by Gasteiger charge is 2.20. The number of fused-ring (bicyclic) bond motifs is 1. The molecule has 0 bridgehead atoms. The zero-order valence-electron chi connectivity index (χ0n) is 11.8. The first-order valence-electron chi connectivity index (χ1n) is 6.50. The molecule has 0 saturated heterocycles. The van der Waals surface area contributed by atoms with Gasteiger partial charge in [-0.15, -0.1) is 0 Å². The SMILES string of the molecule is CSC[C@](C)(O)CNc1nc2ccccc2cc1CO. The van der Waals surface area contributed by atoms with Gasteiger partial charge in [0.2, 0.25) is 0 Å². The van der Waals surface area contributed by atoms with Crippen LogP contribution in [0.15, 0.2) is 30.3 Å². The Morgan fingerprint density at radius 1 is 1.35 bits per heavy atom. The van der Waals surface area contributed by atoms with E-state index in [1.165, 1.54) is 0 Å². The molecule has 0 spiro atoms. The maximum Gasteiger partial charge on any atom is 0.132 e. The number of aliphatic hydroxyl groups excluding tert-OH is 1. The number of aliphatic hydroxyl groups is 2. The van der Waals surface area contributed by atoms with Gasteiger partial charge in [-0.3, -0.25) is 0 Å². The Hall–Kier alpha value is -1.30. The third kappa shape index (κ3) is 3.62. The standard InChI is InChI=1S/C15H20N2O2S/c1-15(19,10-20-2)9-16-14-12(8-18)7-11-5-3-4-6-13(11)17-14/h3-7,18-19H,8-10H2,1-2H3,(H,16,17)/t15-/m1/s1. The zero-order valence-corrected chi connectivity index (χ0v) is 12.6. The summed E-state index contributed by atoms with van der Waals surface area (Å²) in [7, 11) is 0. The fourth-order valence-electron chi connectivity index (χ4n) is 2.07. The number of nitrogens with zero attached hydrogens (tertiary/aromatic N) is 1. The van der Waals surface area contributed by atoms with Gasteiger partial charge in [0.05, 0.1) is 17.7 Å². The van der Waals surface area contributed by atoms with E-state index in [1.54, 1.807) is 18.7 Å². The summed E-state index contributed by atoms with van der Waals surface area (Å²) in [6.07, 6.45) is 1.96. The van der Waals surface area contributed by atoms with E-state index < -0.39 is 5.60 Å². The average Bonchev–Trinajstić information content (AvgIpc) is 2.44. The van der Waals surface area contributed by atoms with Crippen molar-refractivity contribution in [3.05, 3.63) is 35.9 Å². The summed E-state index contributed by atoms with van der Waals surface area (Å²) in [4.78, 5) is 4.52. The predicted molar refractivity (Wildman–Crippen MR) is 85.2 cm³/mol. The van der Waals surface area contributed by atoms with Gasteiger partial charge in [-0.05, 0) is 25.3 Å². The Balaban J connectivity index is 2.24. The molecule has 1 aromatic heterocycles. The quantitative estimate of drug-likeness (QED) is 0.762. The molecule has 0 amide bonds. The third-order valence-corrected chi connectivity index (χ3v) is 3.98. The van der Waals surface area contributed by atoms with Crippen molar-refractivity contribution in [3.63, 3.8) is 0 Å². The number of nitrogens with one attached hydrogen (secondary N) is 1. The van der Waals surface area contributed by atoms with Crippen LogP contribution in [0.1, 0.15) is 12.5 Å². The molecule has 0 aliphatic carbocycles. The van der Waals surface area contributed by atoms with Crippen molar-refractivity contribution in [2.45, 2.75) is 19.1 Å². The summed E-state index contributed by atoms with van der Waals surface area (Å²) in [6.45, 7) is 2.10. The molecule has 5 heteroatoms. The van der Waals surface area contributed by atoms with Crippen LogP contribution in [0.2, 0.25) is 0 Å². The van der Waals surface area contributed by atoms with E-state index in [0.29, 0.717) is 18.1 Å². The molecule has 1 atom stereocenters.